The third kappa shape index (κ3) is 4.68. The van der Waals surface area contributed by atoms with E-state index in [9.17, 15) is 18.0 Å². The van der Waals surface area contributed by atoms with Crippen LogP contribution in [-0.2, 0) is 6.18 Å². The zero-order chi connectivity index (χ0) is 21.0. The first-order chi connectivity index (χ1) is 13.8. The Morgan fingerprint density at radius 2 is 1.90 bits per heavy atom. The van der Waals surface area contributed by atoms with E-state index >= 15 is 0 Å². The summed E-state index contributed by atoms with van der Waals surface area (Å²) in [7, 11) is 0. The quantitative estimate of drug-likeness (QED) is 0.431. The molecule has 0 spiro atoms. The van der Waals surface area contributed by atoms with Crippen molar-refractivity contribution in [3.63, 3.8) is 0 Å². The molecular formula is C21H15ClF3NO3. The Balaban J connectivity index is 2.09. The van der Waals surface area contributed by atoms with Crippen molar-refractivity contribution in [1.29, 1.82) is 0 Å². The number of alkyl halides is 3. The third-order valence-electron chi connectivity index (χ3n) is 3.95. The van der Waals surface area contributed by atoms with Gasteiger partial charge < -0.3 is 9.47 Å². The van der Waals surface area contributed by atoms with Gasteiger partial charge in [0.2, 0.25) is 5.88 Å². The highest BCUT2D eigenvalue weighted by atomic mass is 35.5. The van der Waals surface area contributed by atoms with Crippen LogP contribution in [0.3, 0.4) is 0 Å². The molecule has 0 saturated carbocycles. The Hall–Kier alpha value is -3.06. The Kier molecular flexibility index (Phi) is 6.08. The van der Waals surface area contributed by atoms with Crippen LogP contribution in [0.15, 0.2) is 54.7 Å². The number of aromatic nitrogens is 1. The van der Waals surface area contributed by atoms with Crippen LogP contribution in [0, 0.1) is 0 Å². The first-order valence-electron chi connectivity index (χ1n) is 8.55. The van der Waals surface area contributed by atoms with Crippen molar-refractivity contribution < 1.29 is 27.4 Å². The largest absolute Gasteiger partial charge is 0.478 e. The molecule has 0 bridgehead atoms. The van der Waals surface area contributed by atoms with Crippen molar-refractivity contribution in [2.24, 2.45) is 0 Å². The molecule has 0 saturated heterocycles. The summed E-state index contributed by atoms with van der Waals surface area (Å²) >= 11 is 5.67. The smallest absolute Gasteiger partial charge is 0.417 e. The SMILES string of the molecule is CCOc1ncccc1-c1cc(C=O)ccc1Oc1ccc(Cl)c(C(F)(F)F)c1. The number of benzene rings is 2. The van der Waals surface area contributed by atoms with Gasteiger partial charge in [0, 0.05) is 22.9 Å². The lowest BCUT2D eigenvalue weighted by atomic mass is 10.0. The number of nitrogens with zero attached hydrogens (tertiary/aromatic N) is 1. The zero-order valence-corrected chi connectivity index (χ0v) is 15.9. The van der Waals surface area contributed by atoms with Gasteiger partial charge in [-0.2, -0.15) is 13.2 Å². The Morgan fingerprint density at radius 3 is 2.59 bits per heavy atom. The first-order valence-corrected chi connectivity index (χ1v) is 8.93. The monoisotopic (exact) mass is 421 g/mol. The molecule has 3 aromatic rings. The summed E-state index contributed by atoms with van der Waals surface area (Å²) in [5.74, 6) is 0.499. The molecule has 0 aliphatic carbocycles. The van der Waals surface area contributed by atoms with Crippen molar-refractivity contribution >= 4 is 17.9 Å². The van der Waals surface area contributed by atoms with E-state index in [2.05, 4.69) is 4.98 Å². The van der Waals surface area contributed by atoms with Gasteiger partial charge in [-0.05, 0) is 55.5 Å². The summed E-state index contributed by atoms with van der Waals surface area (Å²) in [6.45, 7) is 2.16. The average Bonchev–Trinajstić information content (AvgIpc) is 2.69. The zero-order valence-electron chi connectivity index (χ0n) is 15.2. The fourth-order valence-corrected chi connectivity index (χ4v) is 2.90. The molecule has 4 nitrogen and oxygen atoms in total. The molecule has 0 unspecified atom stereocenters. The summed E-state index contributed by atoms with van der Waals surface area (Å²) < 4.78 is 50.7. The second-order valence-corrected chi connectivity index (χ2v) is 6.31. The second-order valence-electron chi connectivity index (χ2n) is 5.90. The second kappa shape index (κ2) is 8.53. The number of pyridine rings is 1. The van der Waals surface area contributed by atoms with Crippen LogP contribution in [0.2, 0.25) is 5.02 Å². The number of hydrogen-bond donors (Lipinski definition) is 0. The van der Waals surface area contributed by atoms with Gasteiger partial charge in [0.25, 0.3) is 0 Å². The highest BCUT2D eigenvalue weighted by Crippen LogP contribution is 2.41. The normalized spacial score (nSPS) is 11.2. The van der Waals surface area contributed by atoms with Crippen molar-refractivity contribution in [3.8, 4) is 28.5 Å². The van der Waals surface area contributed by atoms with Gasteiger partial charge in [0.05, 0.1) is 17.2 Å². The van der Waals surface area contributed by atoms with Gasteiger partial charge in [-0.25, -0.2) is 4.98 Å². The van der Waals surface area contributed by atoms with E-state index in [0.717, 1.165) is 12.1 Å². The van der Waals surface area contributed by atoms with E-state index in [4.69, 9.17) is 21.1 Å². The summed E-state index contributed by atoms with van der Waals surface area (Å²) in [5.41, 5.74) is 0.359. The highest BCUT2D eigenvalue weighted by Gasteiger charge is 2.33. The predicted molar refractivity (Wildman–Crippen MR) is 103 cm³/mol. The summed E-state index contributed by atoms with van der Waals surface area (Å²) in [6, 6.07) is 11.2. The lowest BCUT2D eigenvalue weighted by Crippen LogP contribution is -2.06. The molecule has 0 fully saturated rings. The fourth-order valence-electron chi connectivity index (χ4n) is 2.68. The fraction of sp³-hybridized carbons (Fsp3) is 0.143. The third-order valence-corrected chi connectivity index (χ3v) is 4.28. The minimum absolute atomic E-state index is 0.0521. The molecule has 1 aromatic heterocycles. The van der Waals surface area contributed by atoms with E-state index in [1.165, 1.54) is 18.2 Å². The van der Waals surface area contributed by atoms with Gasteiger partial charge in [0.1, 0.15) is 17.8 Å². The lowest BCUT2D eigenvalue weighted by molar-refractivity contribution is -0.137. The first kappa shape index (κ1) is 20.7. The van der Waals surface area contributed by atoms with Gasteiger partial charge in [-0.1, -0.05) is 11.6 Å². The number of hydrogen-bond acceptors (Lipinski definition) is 4. The number of aldehydes is 1. The van der Waals surface area contributed by atoms with Crippen LogP contribution in [0.4, 0.5) is 13.2 Å². The van der Waals surface area contributed by atoms with E-state index in [0.29, 0.717) is 35.5 Å². The molecule has 0 radical (unpaired) electrons. The standard InChI is InChI=1S/C21H15ClF3NO3/c1-2-28-20-15(4-3-9-26-20)16-10-13(12-27)5-8-19(16)29-14-6-7-18(22)17(11-14)21(23,24)25/h3-12H,2H2,1H3. The van der Waals surface area contributed by atoms with Gasteiger partial charge in [-0.3, -0.25) is 4.79 Å². The van der Waals surface area contributed by atoms with Crippen LogP contribution < -0.4 is 9.47 Å². The number of ether oxygens (including phenoxy) is 2. The predicted octanol–water partition coefficient (Wildman–Crippen LogP) is 6.42. The van der Waals surface area contributed by atoms with Crippen molar-refractivity contribution in [2.45, 2.75) is 13.1 Å². The van der Waals surface area contributed by atoms with Gasteiger partial charge in [-0.15, -0.1) is 0 Å². The molecule has 0 aliphatic heterocycles. The van der Waals surface area contributed by atoms with Gasteiger partial charge >= 0.3 is 6.18 Å². The van der Waals surface area contributed by atoms with E-state index in [-0.39, 0.29) is 11.5 Å². The van der Waals surface area contributed by atoms with E-state index in [1.54, 1.807) is 31.3 Å². The molecule has 29 heavy (non-hydrogen) atoms. The molecular weight excluding hydrogens is 407 g/mol. The highest BCUT2D eigenvalue weighted by molar-refractivity contribution is 6.31. The summed E-state index contributed by atoms with van der Waals surface area (Å²) in [5, 5.41) is -0.424. The molecule has 0 aliphatic rings. The number of rotatable bonds is 6. The van der Waals surface area contributed by atoms with Crippen LogP contribution in [0.1, 0.15) is 22.8 Å². The molecule has 0 amide bonds. The van der Waals surface area contributed by atoms with E-state index in [1.807, 2.05) is 0 Å². The maximum absolute atomic E-state index is 13.1. The Bertz CT molecular complexity index is 1040. The molecule has 3 rings (SSSR count). The Labute approximate surface area is 169 Å². The summed E-state index contributed by atoms with van der Waals surface area (Å²) in [6.07, 6.45) is -2.41. The minimum atomic E-state index is -4.62. The maximum atomic E-state index is 13.1. The van der Waals surface area contributed by atoms with Crippen molar-refractivity contribution in [3.05, 3.63) is 70.9 Å². The number of carbonyl (C=O) groups excluding carboxylic acids is 1. The topological polar surface area (TPSA) is 48.4 Å². The molecule has 1 heterocycles. The average molecular weight is 422 g/mol. The molecule has 150 valence electrons. The van der Waals surface area contributed by atoms with Crippen LogP contribution >= 0.6 is 11.6 Å². The van der Waals surface area contributed by atoms with Crippen molar-refractivity contribution in [2.75, 3.05) is 6.61 Å². The van der Waals surface area contributed by atoms with Crippen LogP contribution in [-0.4, -0.2) is 17.9 Å². The number of halogens is 4. The molecule has 8 heteroatoms. The van der Waals surface area contributed by atoms with Gasteiger partial charge in [0.15, 0.2) is 0 Å². The van der Waals surface area contributed by atoms with Crippen LogP contribution in [0.5, 0.6) is 17.4 Å². The molecule has 0 atom stereocenters. The number of carbonyl (C=O) groups is 1. The molecule has 2 aromatic carbocycles. The maximum Gasteiger partial charge on any atom is 0.417 e. The van der Waals surface area contributed by atoms with Crippen molar-refractivity contribution in [1.82, 2.24) is 4.98 Å². The summed E-state index contributed by atoms with van der Waals surface area (Å²) in [4.78, 5) is 15.4. The molecule has 0 N–H and O–H groups in total. The lowest BCUT2D eigenvalue weighted by Gasteiger charge is -2.16. The Morgan fingerprint density at radius 1 is 1.10 bits per heavy atom. The minimum Gasteiger partial charge on any atom is -0.478 e. The van der Waals surface area contributed by atoms with E-state index < -0.39 is 16.8 Å². The van der Waals surface area contributed by atoms with Crippen LogP contribution in [0.25, 0.3) is 11.1 Å².